The van der Waals surface area contributed by atoms with Gasteiger partial charge in [0.05, 0.1) is 14.2 Å². The fraction of sp³-hybridized carbons (Fsp3) is 0.294. The van der Waals surface area contributed by atoms with E-state index in [0.717, 1.165) is 21.5 Å². The first-order chi connectivity index (χ1) is 10.2. The summed E-state index contributed by atoms with van der Waals surface area (Å²) in [4.78, 5) is 0. The highest BCUT2D eigenvalue weighted by molar-refractivity contribution is 9.10. The van der Waals surface area contributed by atoms with Crippen molar-refractivity contribution in [2.24, 2.45) is 0 Å². The molecular formula is C17H20BrNO2. The minimum absolute atomic E-state index is 0.258. The van der Waals surface area contributed by atoms with Crippen molar-refractivity contribution in [3.63, 3.8) is 0 Å². The van der Waals surface area contributed by atoms with Crippen molar-refractivity contribution < 1.29 is 9.47 Å². The summed E-state index contributed by atoms with van der Waals surface area (Å²) in [5, 5.41) is 3.52. The molecule has 0 fully saturated rings. The van der Waals surface area contributed by atoms with Crippen LogP contribution in [0.15, 0.2) is 46.9 Å². The van der Waals surface area contributed by atoms with Crippen molar-refractivity contribution in [2.45, 2.75) is 19.5 Å². The van der Waals surface area contributed by atoms with Gasteiger partial charge in [-0.3, -0.25) is 0 Å². The summed E-state index contributed by atoms with van der Waals surface area (Å²) in [7, 11) is 3.31. The van der Waals surface area contributed by atoms with Gasteiger partial charge in [-0.25, -0.2) is 0 Å². The van der Waals surface area contributed by atoms with Crippen LogP contribution in [0.25, 0.3) is 0 Å². The maximum absolute atomic E-state index is 5.49. The van der Waals surface area contributed by atoms with Gasteiger partial charge in [0.15, 0.2) is 11.5 Å². The van der Waals surface area contributed by atoms with Crippen molar-refractivity contribution in [1.29, 1.82) is 0 Å². The molecule has 0 saturated heterocycles. The number of ether oxygens (including phenoxy) is 2. The Morgan fingerprint density at radius 2 is 1.76 bits per heavy atom. The summed E-state index contributed by atoms with van der Waals surface area (Å²) in [5.41, 5.74) is 2.31. The lowest BCUT2D eigenvalue weighted by atomic mass is 10.1. The smallest absolute Gasteiger partial charge is 0.166 e. The average molecular weight is 350 g/mol. The summed E-state index contributed by atoms with van der Waals surface area (Å²) in [6.07, 6.45) is 0. The van der Waals surface area contributed by atoms with Crippen LogP contribution in [0.4, 0.5) is 0 Å². The van der Waals surface area contributed by atoms with Gasteiger partial charge >= 0.3 is 0 Å². The van der Waals surface area contributed by atoms with Crippen LogP contribution in [0.3, 0.4) is 0 Å². The van der Waals surface area contributed by atoms with Crippen LogP contribution in [0.2, 0.25) is 0 Å². The molecule has 0 aliphatic carbocycles. The summed E-state index contributed by atoms with van der Waals surface area (Å²) < 4.78 is 11.8. The number of hydrogen-bond acceptors (Lipinski definition) is 3. The molecule has 112 valence electrons. The first kappa shape index (κ1) is 15.9. The van der Waals surface area contributed by atoms with E-state index in [0.29, 0.717) is 6.54 Å². The van der Waals surface area contributed by atoms with Crippen molar-refractivity contribution in [1.82, 2.24) is 5.32 Å². The van der Waals surface area contributed by atoms with Gasteiger partial charge < -0.3 is 14.8 Å². The van der Waals surface area contributed by atoms with Crippen molar-refractivity contribution in [3.8, 4) is 11.5 Å². The maximum Gasteiger partial charge on any atom is 0.166 e. The molecule has 0 spiro atoms. The van der Waals surface area contributed by atoms with E-state index in [-0.39, 0.29) is 6.04 Å². The van der Waals surface area contributed by atoms with Crippen LogP contribution in [-0.2, 0) is 6.54 Å². The van der Waals surface area contributed by atoms with Crippen molar-refractivity contribution >= 4 is 15.9 Å². The molecular weight excluding hydrogens is 330 g/mol. The monoisotopic (exact) mass is 349 g/mol. The van der Waals surface area contributed by atoms with E-state index in [9.17, 15) is 0 Å². The SMILES string of the molecule is COc1ccc(Br)c(CNC(C)c2ccccc2)c1OC. The summed E-state index contributed by atoms with van der Waals surface area (Å²) in [6, 6.07) is 14.5. The van der Waals surface area contributed by atoms with Gasteiger partial charge in [-0.15, -0.1) is 0 Å². The second-order valence-electron chi connectivity index (χ2n) is 4.77. The third-order valence-corrected chi connectivity index (χ3v) is 4.22. The quantitative estimate of drug-likeness (QED) is 0.842. The Bertz CT molecular complexity index is 587. The second kappa shape index (κ2) is 7.48. The molecule has 1 unspecified atom stereocenters. The molecule has 4 heteroatoms. The minimum Gasteiger partial charge on any atom is -0.493 e. The second-order valence-corrected chi connectivity index (χ2v) is 5.63. The van der Waals surface area contributed by atoms with E-state index in [1.54, 1.807) is 14.2 Å². The first-order valence-corrected chi connectivity index (χ1v) is 7.64. The first-order valence-electron chi connectivity index (χ1n) is 6.85. The van der Waals surface area contributed by atoms with Gasteiger partial charge in [-0.05, 0) is 24.6 Å². The van der Waals surface area contributed by atoms with Crippen LogP contribution >= 0.6 is 15.9 Å². The zero-order valence-electron chi connectivity index (χ0n) is 12.5. The molecule has 0 aromatic heterocycles. The number of halogens is 1. The van der Waals surface area contributed by atoms with E-state index in [4.69, 9.17) is 9.47 Å². The molecule has 1 atom stereocenters. The van der Waals surface area contributed by atoms with E-state index in [1.807, 2.05) is 18.2 Å². The van der Waals surface area contributed by atoms with Gasteiger partial charge in [-0.1, -0.05) is 46.3 Å². The fourth-order valence-electron chi connectivity index (χ4n) is 2.25. The Labute approximate surface area is 134 Å². The Balaban J connectivity index is 2.16. The van der Waals surface area contributed by atoms with Crippen LogP contribution in [0, 0.1) is 0 Å². The lowest BCUT2D eigenvalue weighted by Crippen LogP contribution is -2.19. The predicted octanol–water partition coefficient (Wildman–Crippen LogP) is 4.32. The number of hydrogen-bond donors (Lipinski definition) is 1. The molecule has 1 N–H and O–H groups in total. The summed E-state index contributed by atoms with van der Waals surface area (Å²) in [5.74, 6) is 1.50. The van der Waals surface area contributed by atoms with E-state index in [2.05, 4.69) is 52.4 Å². The molecule has 2 aromatic carbocycles. The molecule has 0 heterocycles. The van der Waals surface area contributed by atoms with Gasteiger partial charge in [0, 0.05) is 22.6 Å². The molecule has 3 nitrogen and oxygen atoms in total. The van der Waals surface area contributed by atoms with Crippen LogP contribution < -0.4 is 14.8 Å². The van der Waals surface area contributed by atoms with Gasteiger partial charge in [-0.2, -0.15) is 0 Å². The lowest BCUT2D eigenvalue weighted by molar-refractivity contribution is 0.349. The third-order valence-electron chi connectivity index (χ3n) is 3.48. The molecule has 2 aromatic rings. The highest BCUT2D eigenvalue weighted by atomic mass is 79.9. The number of nitrogens with one attached hydrogen (secondary N) is 1. The number of benzene rings is 2. The summed E-state index contributed by atoms with van der Waals surface area (Å²) in [6.45, 7) is 2.84. The molecule has 0 aliphatic rings. The molecule has 0 amide bonds. The minimum atomic E-state index is 0.258. The molecule has 0 saturated carbocycles. The van der Waals surface area contributed by atoms with E-state index in [1.165, 1.54) is 5.56 Å². The van der Waals surface area contributed by atoms with Crippen molar-refractivity contribution in [3.05, 3.63) is 58.1 Å². The average Bonchev–Trinajstić information content (AvgIpc) is 2.53. The third kappa shape index (κ3) is 3.77. The highest BCUT2D eigenvalue weighted by Crippen LogP contribution is 2.36. The predicted molar refractivity (Wildman–Crippen MR) is 88.9 cm³/mol. The zero-order chi connectivity index (χ0) is 15.2. The fourth-order valence-corrected chi connectivity index (χ4v) is 2.70. The molecule has 0 aliphatic heterocycles. The number of rotatable bonds is 6. The maximum atomic E-state index is 5.49. The van der Waals surface area contributed by atoms with E-state index < -0.39 is 0 Å². The molecule has 2 rings (SSSR count). The number of methoxy groups -OCH3 is 2. The summed E-state index contributed by atoms with van der Waals surface area (Å²) >= 11 is 3.58. The Hall–Kier alpha value is -1.52. The molecule has 0 bridgehead atoms. The van der Waals surface area contributed by atoms with Crippen LogP contribution in [0.1, 0.15) is 24.1 Å². The van der Waals surface area contributed by atoms with Crippen LogP contribution in [0.5, 0.6) is 11.5 Å². The van der Waals surface area contributed by atoms with Crippen molar-refractivity contribution in [2.75, 3.05) is 14.2 Å². The zero-order valence-corrected chi connectivity index (χ0v) is 14.1. The van der Waals surface area contributed by atoms with Gasteiger partial charge in [0.1, 0.15) is 0 Å². The Kier molecular flexibility index (Phi) is 5.65. The highest BCUT2D eigenvalue weighted by Gasteiger charge is 2.14. The Morgan fingerprint density at radius 1 is 1.05 bits per heavy atom. The van der Waals surface area contributed by atoms with Gasteiger partial charge in [0.25, 0.3) is 0 Å². The normalized spacial score (nSPS) is 12.0. The molecule has 0 radical (unpaired) electrons. The van der Waals surface area contributed by atoms with Gasteiger partial charge in [0.2, 0.25) is 0 Å². The molecule has 21 heavy (non-hydrogen) atoms. The topological polar surface area (TPSA) is 30.5 Å². The lowest BCUT2D eigenvalue weighted by Gasteiger charge is -2.18. The van der Waals surface area contributed by atoms with E-state index >= 15 is 0 Å². The standard InChI is InChI=1S/C17H20BrNO2/c1-12(13-7-5-4-6-8-13)19-11-14-15(18)9-10-16(20-2)17(14)21-3/h4-10,12,19H,11H2,1-3H3. The Morgan fingerprint density at radius 3 is 2.38 bits per heavy atom. The largest absolute Gasteiger partial charge is 0.493 e. The van der Waals surface area contributed by atoms with Crippen LogP contribution in [-0.4, -0.2) is 14.2 Å².